The van der Waals surface area contributed by atoms with Crippen LogP contribution in [0.3, 0.4) is 0 Å². The maximum atomic E-state index is 5.23. The van der Waals surface area contributed by atoms with E-state index in [1.165, 1.54) is 21.5 Å². The van der Waals surface area contributed by atoms with Crippen molar-refractivity contribution in [2.45, 2.75) is 0 Å². The first-order valence-corrected chi connectivity index (χ1v) is 19.6. The molecule has 0 bridgehead atoms. The number of pyridine rings is 1. The van der Waals surface area contributed by atoms with Gasteiger partial charge >= 0.3 is 0 Å². The van der Waals surface area contributed by atoms with Crippen molar-refractivity contribution in [2.75, 3.05) is 0 Å². The highest BCUT2D eigenvalue weighted by atomic mass is 32.1. The number of hydrogen-bond acceptors (Lipinski definition) is 7. The van der Waals surface area contributed by atoms with Gasteiger partial charge in [-0.1, -0.05) is 152 Å². The lowest BCUT2D eigenvalue weighted by Crippen LogP contribution is -2.00. The summed E-state index contributed by atoms with van der Waals surface area (Å²) in [7, 11) is 0. The third-order valence-corrected chi connectivity index (χ3v) is 11.5. The molecule has 0 N–H and O–H groups in total. The van der Waals surface area contributed by atoms with E-state index >= 15 is 0 Å². The Morgan fingerprint density at radius 3 is 1.40 bits per heavy atom. The van der Waals surface area contributed by atoms with Crippen LogP contribution in [-0.2, 0) is 0 Å². The summed E-state index contributed by atoms with van der Waals surface area (Å²) in [5, 5.41) is 5.82. The van der Waals surface area contributed by atoms with Gasteiger partial charge in [-0.2, -0.15) is 0 Å². The van der Waals surface area contributed by atoms with Gasteiger partial charge in [-0.25, -0.2) is 29.9 Å². The molecule has 0 unspecified atom stereocenters. The van der Waals surface area contributed by atoms with Crippen LogP contribution in [-0.4, -0.2) is 29.9 Å². The molecular weight excluding hydrogens is 717 g/mol. The lowest BCUT2D eigenvalue weighted by molar-refractivity contribution is 1.07. The van der Waals surface area contributed by atoms with Gasteiger partial charge in [0.1, 0.15) is 4.83 Å². The number of benzene rings is 7. The van der Waals surface area contributed by atoms with Crippen molar-refractivity contribution in [3.8, 4) is 67.9 Å². The summed E-state index contributed by atoms with van der Waals surface area (Å²) < 4.78 is 1.02. The third-order valence-electron chi connectivity index (χ3n) is 10.4. The van der Waals surface area contributed by atoms with E-state index in [2.05, 4.69) is 97.1 Å². The largest absolute Gasteiger partial charge is 0.245 e. The van der Waals surface area contributed by atoms with Gasteiger partial charge in [-0.15, -0.1) is 11.3 Å². The average Bonchev–Trinajstić information content (AvgIpc) is 3.66. The first kappa shape index (κ1) is 32.9. The molecule has 0 radical (unpaired) electrons. The topological polar surface area (TPSA) is 77.3 Å². The fraction of sp³-hybridized carbons (Fsp3) is 0. The molecule has 0 atom stereocenters. The summed E-state index contributed by atoms with van der Waals surface area (Å²) in [4.78, 5) is 31.1. The SMILES string of the molecule is c1ccc(-c2nc(-c3ccccc3)nc(-c3ccc(-c4cnc5sc6c(-c7ccc8cc9ccccc9cc8c7)nc(-c7ccccc7)nc6c5c4)cc3)n2)cc1. The van der Waals surface area contributed by atoms with Crippen molar-refractivity contribution in [1.82, 2.24) is 29.9 Å². The van der Waals surface area contributed by atoms with Crippen molar-refractivity contribution < 1.29 is 0 Å². The summed E-state index contributed by atoms with van der Waals surface area (Å²) in [6.45, 7) is 0. The highest BCUT2D eigenvalue weighted by Gasteiger charge is 2.19. The highest BCUT2D eigenvalue weighted by molar-refractivity contribution is 7.25. The number of nitrogens with zero attached hydrogens (tertiary/aromatic N) is 6. The molecule has 4 heterocycles. The van der Waals surface area contributed by atoms with Crippen LogP contribution in [0.15, 0.2) is 182 Å². The Balaban J connectivity index is 1.02. The van der Waals surface area contributed by atoms with E-state index in [4.69, 9.17) is 29.9 Å². The Morgan fingerprint density at radius 2 is 0.807 bits per heavy atom. The third kappa shape index (κ3) is 6.07. The summed E-state index contributed by atoms with van der Waals surface area (Å²) in [6.07, 6.45) is 1.95. The molecule has 6 nitrogen and oxygen atoms in total. The molecule has 4 aromatic heterocycles. The smallest absolute Gasteiger partial charge is 0.164 e. The standard InChI is InChI=1S/C50H30N6S/c1-4-12-32(13-5-1)46-52-43(39-25-24-38-26-36-18-10-11-19-37(36)27-40(38)28-39)45-44(53-46)42-29-41(30-51-50(42)57-45)31-20-22-35(23-21-31)49-55-47(33-14-6-2-7-15-33)54-48(56-49)34-16-8-3-9-17-34/h1-30H. The molecule has 0 aliphatic rings. The van der Waals surface area contributed by atoms with Gasteiger partial charge in [0.15, 0.2) is 23.3 Å². The van der Waals surface area contributed by atoms with Gasteiger partial charge in [-0.05, 0) is 51.4 Å². The zero-order chi connectivity index (χ0) is 37.7. The quantitative estimate of drug-likeness (QED) is 0.158. The van der Waals surface area contributed by atoms with Crippen LogP contribution in [0.4, 0.5) is 0 Å². The average molecular weight is 747 g/mol. The van der Waals surface area contributed by atoms with Crippen LogP contribution in [0, 0.1) is 0 Å². The van der Waals surface area contributed by atoms with Crippen LogP contribution in [0.5, 0.6) is 0 Å². The normalized spacial score (nSPS) is 11.5. The summed E-state index contributed by atoms with van der Waals surface area (Å²) in [6, 6.07) is 60.5. The lowest BCUT2D eigenvalue weighted by Gasteiger charge is -2.09. The van der Waals surface area contributed by atoms with Crippen LogP contribution in [0.1, 0.15) is 0 Å². The van der Waals surface area contributed by atoms with E-state index in [9.17, 15) is 0 Å². The van der Waals surface area contributed by atoms with E-state index < -0.39 is 0 Å². The fourth-order valence-electron chi connectivity index (χ4n) is 7.44. The Hall–Kier alpha value is -7.48. The maximum Gasteiger partial charge on any atom is 0.164 e. The van der Waals surface area contributed by atoms with Gasteiger partial charge in [0.05, 0.1) is 15.9 Å². The zero-order valence-corrected chi connectivity index (χ0v) is 31.2. The number of thiophene rings is 1. The minimum Gasteiger partial charge on any atom is -0.245 e. The molecule has 0 aliphatic carbocycles. The predicted octanol–water partition coefficient (Wildman–Crippen LogP) is 12.7. The minimum atomic E-state index is 0.617. The second kappa shape index (κ2) is 13.7. The van der Waals surface area contributed by atoms with E-state index in [1.54, 1.807) is 11.3 Å². The molecule has 0 fully saturated rings. The van der Waals surface area contributed by atoms with E-state index in [0.29, 0.717) is 23.3 Å². The van der Waals surface area contributed by atoms with Gasteiger partial charge in [0.2, 0.25) is 0 Å². The van der Waals surface area contributed by atoms with E-state index in [-0.39, 0.29) is 0 Å². The fourth-order valence-corrected chi connectivity index (χ4v) is 8.51. The van der Waals surface area contributed by atoms with Crippen molar-refractivity contribution in [2.24, 2.45) is 0 Å². The Bertz CT molecular complexity index is 3220. The Labute approximate surface area is 331 Å². The molecule has 0 spiro atoms. The van der Waals surface area contributed by atoms with Crippen LogP contribution in [0.25, 0.3) is 110 Å². The summed E-state index contributed by atoms with van der Waals surface area (Å²) >= 11 is 1.64. The number of hydrogen-bond donors (Lipinski definition) is 0. The highest BCUT2D eigenvalue weighted by Crippen LogP contribution is 2.41. The van der Waals surface area contributed by atoms with Gasteiger partial charge in [0, 0.05) is 45.0 Å². The van der Waals surface area contributed by atoms with Crippen molar-refractivity contribution in [1.29, 1.82) is 0 Å². The summed E-state index contributed by atoms with van der Waals surface area (Å²) in [5.74, 6) is 2.58. The van der Waals surface area contributed by atoms with Crippen molar-refractivity contribution in [3.05, 3.63) is 182 Å². The zero-order valence-electron chi connectivity index (χ0n) is 30.4. The first-order chi connectivity index (χ1) is 28.2. The molecule has 57 heavy (non-hydrogen) atoms. The van der Waals surface area contributed by atoms with E-state index in [0.717, 1.165) is 65.1 Å². The molecule has 0 saturated heterocycles. The number of fused-ring (bicyclic) bond motifs is 5. The second-order valence-electron chi connectivity index (χ2n) is 14.0. The molecule has 11 aromatic rings. The summed E-state index contributed by atoms with van der Waals surface area (Å²) in [5.41, 5.74) is 8.64. The molecule has 7 aromatic carbocycles. The van der Waals surface area contributed by atoms with Gasteiger partial charge in [-0.3, -0.25) is 0 Å². The van der Waals surface area contributed by atoms with Crippen molar-refractivity contribution >= 4 is 53.3 Å². The molecule has 0 amide bonds. The number of rotatable bonds is 6. The monoisotopic (exact) mass is 746 g/mol. The van der Waals surface area contributed by atoms with Crippen LogP contribution < -0.4 is 0 Å². The first-order valence-electron chi connectivity index (χ1n) is 18.8. The molecular formula is C50H30N6S. The molecule has 7 heteroatoms. The predicted molar refractivity (Wildman–Crippen MR) is 234 cm³/mol. The van der Waals surface area contributed by atoms with Gasteiger partial charge in [0.25, 0.3) is 0 Å². The molecule has 266 valence electrons. The Morgan fingerprint density at radius 1 is 0.333 bits per heavy atom. The number of aromatic nitrogens is 6. The van der Waals surface area contributed by atoms with Crippen LogP contribution >= 0.6 is 11.3 Å². The molecule has 0 saturated carbocycles. The van der Waals surface area contributed by atoms with Crippen molar-refractivity contribution in [3.63, 3.8) is 0 Å². The van der Waals surface area contributed by atoms with E-state index in [1.807, 2.05) is 85.1 Å². The lowest BCUT2D eigenvalue weighted by atomic mass is 10.00. The Kier molecular flexibility index (Phi) is 7.89. The maximum absolute atomic E-state index is 5.23. The molecule has 0 aliphatic heterocycles. The van der Waals surface area contributed by atoms with Crippen LogP contribution in [0.2, 0.25) is 0 Å². The molecule has 11 rings (SSSR count). The minimum absolute atomic E-state index is 0.617. The second-order valence-corrected chi connectivity index (χ2v) is 15.0. The van der Waals surface area contributed by atoms with Gasteiger partial charge < -0.3 is 0 Å².